The third-order valence-corrected chi connectivity index (χ3v) is 4.24. The summed E-state index contributed by atoms with van der Waals surface area (Å²) in [5, 5.41) is 0. The van der Waals surface area contributed by atoms with Crippen LogP contribution in [0.4, 0.5) is 0 Å². The Kier molecular flexibility index (Phi) is 5.79. The third kappa shape index (κ3) is 4.35. The molecule has 0 spiro atoms. The predicted molar refractivity (Wildman–Crippen MR) is 113 cm³/mol. The molecule has 0 saturated heterocycles. The summed E-state index contributed by atoms with van der Waals surface area (Å²) in [6, 6.07) is 15.3. The molecule has 0 aliphatic rings. The summed E-state index contributed by atoms with van der Waals surface area (Å²) in [7, 11) is 0. The van der Waals surface area contributed by atoms with Crippen molar-refractivity contribution in [3.8, 4) is 34.8 Å². The van der Waals surface area contributed by atoms with Gasteiger partial charge in [0.2, 0.25) is 5.89 Å². The van der Waals surface area contributed by atoms with Gasteiger partial charge in [0.1, 0.15) is 11.5 Å². The van der Waals surface area contributed by atoms with Gasteiger partial charge in [0, 0.05) is 11.6 Å². The zero-order chi connectivity index (χ0) is 20.9. The number of hydrogen-bond donors (Lipinski definition) is 0. The van der Waals surface area contributed by atoms with Crippen molar-refractivity contribution in [1.29, 1.82) is 0 Å². The Bertz CT molecular complexity index is 1160. The van der Waals surface area contributed by atoms with Crippen molar-refractivity contribution in [2.24, 2.45) is 0 Å². The molecule has 4 aromatic rings. The fourth-order valence-corrected chi connectivity index (χ4v) is 2.93. The minimum Gasteiger partial charge on any atom is -0.494 e. The highest BCUT2D eigenvalue weighted by atomic mass is 16.5. The Morgan fingerprint density at radius 1 is 0.900 bits per heavy atom. The minimum atomic E-state index is 0.120. The van der Waals surface area contributed by atoms with E-state index < -0.39 is 0 Å². The Hall–Kier alpha value is -3.61. The second-order valence-electron chi connectivity index (χ2n) is 6.71. The molecule has 0 radical (unpaired) electrons. The first-order chi connectivity index (χ1) is 14.7. The first kappa shape index (κ1) is 19.7. The molecule has 0 aliphatic heterocycles. The van der Waals surface area contributed by atoms with E-state index in [9.17, 15) is 0 Å². The van der Waals surface area contributed by atoms with Crippen molar-refractivity contribution in [1.82, 2.24) is 15.0 Å². The fourth-order valence-electron chi connectivity index (χ4n) is 2.93. The summed E-state index contributed by atoms with van der Waals surface area (Å²) < 4.78 is 23.1. The highest BCUT2D eigenvalue weighted by Gasteiger charge is 2.18. The lowest BCUT2D eigenvalue weighted by molar-refractivity contribution is 0.302. The quantitative estimate of drug-likeness (QED) is 0.379. The van der Waals surface area contributed by atoms with E-state index >= 15 is 0 Å². The number of rotatable bonds is 8. The highest BCUT2D eigenvalue weighted by molar-refractivity contribution is 5.78. The number of nitrogens with zero attached hydrogens (tertiary/aromatic N) is 3. The van der Waals surface area contributed by atoms with Crippen LogP contribution < -0.4 is 14.2 Å². The summed E-state index contributed by atoms with van der Waals surface area (Å²) in [5.41, 5.74) is 2.75. The molecule has 2 heterocycles. The van der Waals surface area contributed by atoms with Crippen LogP contribution in [0.25, 0.3) is 22.7 Å². The lowest BCUT2D eigenvalue weighted by Crippen LogP contribution is -2.01. The van der Waals surface area contributed by atoms with Gasteiger partial charge in [0.15, 0.2) is 5.52 Å². The molecule has 0 atom stereocenters. The molecular formula is C23H23N3O4. The van der Waals surface area contributed by atoms with Crippen molar-refractivity contribution in [3.05, 3.63) is 54.1 Å². The van der Waals surface area contributed by atoms with Crippen LogP contribution >= 0.6 is 0 Å². The Morgan fingerprint density at radius 3 is 2.53 bits per heavy atom. The van der Waals surface area contributed by atoms with E-state index in [2.05, 4.69) is 15.0 Å². The summed E-state index contributed by atoms with van der Waals surface area (Å²) >= 11 is 0. The maximum atomic E-state index is 5.92. The standard InChI is InChI=1S/C23H23N3O4/c1-4-12-28-21-19-22(30-20(24-19)16-9-6-8-15(3)13-16)26-23(25-21)29-18-11-7-10-17(14-18)27-5-2/h6-11,13-14H,4-5,12H2,1-3H3. The molecule has 4 rings (SSSR count). The van der Waals surface area contributed by atoms with Gasteiger partial charge < -0.3 is 18.6 Å². The monoisotopic (exact) mass is 405 g/mol. The van der Waals surface area contributed by atoms with E-state index in [1.807, 2.05) is 57.2 Å². The molecule has 0 aliphatic carbocycles. The normalized spacial score (nSPS) is 10.9. The van der Waals surface area contributed by atoms with Gasteiger partial charge in [0.25, 0.3) is 11.6 Å². The van der Waals surface area contributed by atoms with E-state index in [0.717, 1.165) is 17.5 Å². The molecule has 0 amide bonds. The molecular weight excluding hydrogens is 382 g/mol. The van der Waals surface area contributed by atoms with Gasteiger partial charge in [-0.2, -0.15) is 9.97 Å². The minimum absolute atomic E-state index is 0.120. The molecule has 30 heavy (non-hydrogen) atoms. The molecule has 0 N–H and O–H groups in total. The second-order valence-corrected chi connectivity index (χ2v) is 6.71. The summed E-state index contributed by atoms with van der Waals surface area (Å²) in [4.78, 5) is 13.4. The van der Waals surface area contributed by atoms with Crippen LogP contribution in [0.2, 0.25) is 0 Å². The maximum Gasteiger partial charge on any atom is 0.328 e. The summed E-state index contributed by atoms with van der Waals surface area (Å²) in [6.07, 6.45) is 0.834. The SMILES string of the molecule is CCCOc1nc(Oc2cccc(OCC)c2)nc2oc(-c3cccc(C)c3)nc12. The van der Waals surface area contributed by atoms with E-state index in [0.29, 0.717) is 47.7 Å². The van der Waals surface area contributed by atoms with Crippen molar-refractivity contribution in [2.45, 2.75) is 27.2 Å². The van der Waals surface area contributed by atoms with Crippen LogP contribution in [-0.4, -0.2) is 28.2 Å². The van der Waals surface area contributed by atoms with Crippen LogP contribution in [-0.2, 0) is 0 Å². The van der Waals surface area contributed by atoms with E-state index in [1.165, 1.54) is 0 Å². The second kappa shape index (κ2) is 8.82. The number of aryl methyl sites for hydroxylation is 1. The topological polar surface area (TPSA) is 79.5 Å². The van der Waals surface area contributed by atoms with Crippen molar-refractivity contribution < 1.29 is 18.6 Å². The Labute approximate surface area is 174 Å². The van der Waals surface area contributed by atoms with Crippen LogP contribution in [0.5, 0.6) is 23.4 Å². The number of fused-ring (bicyclic) bond motifs is 1. The van der Waals surface area contributed by atoms with Crippen LogP contribution in [0, 0.1) is 6.92 Å². The molecule has 0 unspecified atom stereocenters. The van der Waals surface area contributed by atoms with Crippen LogP contribution in [0.15, 0.2) is 52.9 Å². The average Bonchev–Trinajstić information content (AvgIpc) is 3.17. The Balaban J connectivity index is 1.72. The molecule has 2 aromatic carbocycles. The number of ether oxygens (including phenoxy) is 3. The predicted octanol–water partition coefficient (Wildman–Crippen LogP) is 5.57. The number of oxazole rings is 1. The average molecular weight is 405 g/mol. The van der Waals surface area contributed by atoms with Crippen LogP contribution in [0.3, 0.4) is 0 Å². The van der Waals surface area contributed by atoms with E-state index in [4.69, 9.17) is 18.6 Å². The summed E-state index contributed by atoms with van der Waals surface area (Å²) in [5.74, 6) is 2.06. The molecule has 7 nitrogen and oxygen atoms in total. The summed E-state index contributed by atoms with van der Waals surface area (Å²) in [6.45, 7) is 7.04. The zero-order valence-corrected chi connectivity index (χ0v) is 17.2. The smallest absolute Gasteiger partial charge is 0.328 e. The van der Waals surface area contributed by atoms with Crippen LogP contribution in [0.1, 0.15) is 25.8 Å². The molecule has 0 bridgehead atoms. The number of aromatic nitrogens is 3. The first-order valence-corrected chi connectivity index (χ1v) is 9.95. The Morgan fingerprint density at radius 2 is 1.73 bits per heavy atom. The van der Waals surface area contributed by atoms with Gasteiger partial charge in [-0.05, 0) is 44.5 Å². The van der Waals surface area contributed by atoms with Crippen molar-refractivity contribution in [3.63, 3.8) is 0 Å². The highest BCUT2D eigenvalue weighted by Crippen LogP contribution is 2.32. The number of hydrogen-bond acceptors (Lipinski definition) is 7. The van der Waals surface area contributed by atoms with Gasteiger partial charge in [-0.25, -0.2) is 4.98 Å². The molecule has 154 valence electrons. The van der Waals surface area contributed by atoms with Gasteiger partial charge in [-0.1, -0.05) is 30.7 Å². The molecule has 0 saturated carbocycles. The maximum absolute atomic E-state index is 5.92. The number of benzene rings is 2. The van der Waals surface area contributed by atoms with Gasteiger partial charge >= 0.3 is 6.01 Å². The van der Waals surface area contributed by atoms with E-state index in [-0.39, 0.29) is 6.01 Å². The molecule has 7 heteroatoms. The fraction of sp³-hybridized carbons (Fsp3) is 0.261. The van der Waals surface area contributed by atoms with Gasteiger partial charge in [-0.3, -0.25) is 0 Å². The lowest BCUT2D eigenvalue weighted by Gasteiger charge is -2.08. The van der Waals surface area contributed by atoms with Crippen molar-refractivity contribution in [2.75, 3.05) is 13.2 Å². The van der Waals surface area contributed by atoms with E-state index in [1.54, 1.807) is 12.1 Å². The lowest BCUT2D eigenvalue weighted by atomic mass is 10.1. The largest absolute Gasteiger partial charge is 0.494 e. The zero-order valence-electron chi connectivity index (χ0n) is 17.2. The first-order valence-electron chi connectivity index (χ1n) is 9.95. The molecule has 0 fully saturated rings. The molecule has 2 aromatic heterocycles. The third-order valence-electron chi connectivity index (χ3n) is 4.24. The van der Waals surface area contributed by atoms with Gasteiger partial charge in [0.05, 0.1) is 13.2 Å². The van der Waals surface area contributed by atoms with Gasteiger partial charge in [-0.15, -0.1) is 0 Å². The van der Waals surface area contributed by atoms with Crippen molar-refractivity contribution >= 4 is 11.2 Å².